The molecule has 3 heteroatoms. The molecule has 0 saturated carbocycles. The summed E-state index contributed by atoms with van der Waals surface area (Å²) in [4.78, 5) is 8.36. The van der Waals surface area contributed by atoms with E-state index in [-0.39, 0.29) is 26.0 Å². The van der Waals surface area contributed by atoms with Crippen LogP contribution in [0, 0.1) is 6.07 Å². The van der Waals surface area contributed by atoms with E-state index in [1.54, 1.807) is 0 Å². The molecule has 1 rings (SSSR count). The predicted molar refractivity (Wildman–Crippen MR) is 34.0 cm³/mol. The van der Waals surface area contributed by atoms with Crippen LogP contribution in [0.2, 0.25) is 0 Å². The number of rotatable bonds is 0. The number of carboxylic acid groups (broad SMARTS) is 1. The summed E-state index contributed by atoms with van der Waals surface area (Å²) in [5.41, 5.74) is 0. The SMILES string of the molecule is O=CO.[Zn].[c-]1ccccc1. The molecule has 0 aliphatic rings. The number of benzene rings is 1. The van der Waals surface area contributed by atoms with Crippen molar-refractivity contribution < 1.29 is 29.4 Å². The fraction of sp³-hybridized carbons (Fsp3) is 0. The molecule has 0 aliphatic carbocycles. The molecule has 1 N–H and O–H groups in total. The van der Waals surface area contributed by atoms with E-state index in [9.17, 15) is 0 Å². The van der Waals surface area contributed by atoms with Crippen LogP contribution < -0.4 is 0 Å². The Morgan fingerprint density at radius 1 is 1.20 bits per heavy atom. The van der Waals surface area contributed by atoms with Crippen molar-refractivity contribution in [1.29, 1.82) is 0 Å². The Labute approximate surface area is 72.6 Å². The summed E-state index contributed by atoms with van der Waals surface area (Å²) in [6, 6.07) is 12.5. The molecule has 1 aromatic rings. The topological polar surface area (TPSA) is 37.3 Å². The van der Waals surface area contributed by atoms with E-state index in [4.69, 9.17) is 9.90 Å². The minimum atomic E-state index is -0.250. The average molecular weight is 189 g/mol. The molecule has 0 fully saturated rings. The van der Waals surface area contributed by atoms with E-state index < -0.39 is 0 Å². The Hall–Kier alpha value is -0.687. The smallest absolute Gasteiger partial charge is 0.290 e. The van der Waals surface area contributed by atoms with E-state index >= 15 is 0 Å². The molecule has 0 spiro atoms. The molecule has 2 nitrogen and oxygen atoms in total. The van der Waals surface area contributed by atoms with E-state index in [2.05, 4.69) is 6.07 Å². The number of hydrogen-bond acceptors (Lipinski definition) is 1. The normalized spacial score (nSPS) is 6.00. The molecule has 0 aliphatic heterocycles. The van der Waals surface area contributed by atoms with Crippen LogP contribution in [0.1, 0.15) is 0 Å². The first kappa shape index (κ1) is 12.0. The summed E-state index contributed by atoms with van der Waals surface area (Å²) in [7, 11) is 0. The zero-order valence-corrected chi connectivity index (χ0v) is 8.49. The van der Waals surface area contributed by atoms with Gasteiger partial charge in [-0.25, -0.2) is 0 Å². The fourth-order valence-electron chi connectivity index (χ4n) is 0.342. The molecular weight excluding hydrogens is 181 g/mol. The minimum Gasteiger partial charge on any atom is -0.483 e. The molecule has 0 unspecified atom stereocenters. The van der Waals surface area contributed by atoms with Gasteiger partial charge >= 0.3 is 0 Å². The van der Waals surface area contributed by atoms with Crippen LogP contribution in [0.4, 0.5) is 0 Å². The second kappa shape index (κ2) is 11.2. The van der Waals surface area contributed by atoms with Crippen molar-refractivity contribution in [3.8, 4) is 0 Å². The van der Waals surface area contributed by atoms with Gasteiger partial charge in [-0.15, -0.1) is 0 Å². The Morgan fingerprint density at radius 3 is 1.70 bits per heavy atom. The van der Waals surface area contributed by atoms with Crippen LogP contribution in [-0.2, 0) is 24.3 Å². The summed E-state index contributed by atoms with van der Waals surface area (Å²) in [5.74, 6) is 0. The first-order valence-electron chi connectivity index (χ1n) is 2.40. The molecule has 10 heavy (non-hydrogen) atoms. The van der Waals surface area contributed by atoms with Crippen molar-refractivity contribution in [2.45, 2.75) is 0 Å². The van der Waals surface area contributed by atoms with Gasteiger partial charge in [0.05, 0.1) is 0 Å². The molecule has 0 heterocycles. The van der Waals surface area contributed by atoms with Crippen molar-refractivity contribution in [1.82, 2.24) is 0 Å². The molecule has 0 bridgehead atoms. The summed E-state index contributed by atoms with van der Waals surface area (Å²) < 4.78 is 0. The third-order valence-corrected chi connectivity index (χ3v) is 0.607. The molecule has 50 valence electrons. The Balaban J connectivity index is 0. The maximum absolute atomic E-state index is 8.36. The molecule has 0 saturated heterocycles. The van der Waals surface area contributed by atoms with Gasteiger partial charge in [-0.3, -0.25) is 4.79 Å². The maximum atomic E-state index is 8.36. The average Bonchev–Trinajstić information content (AvgIpc) is 1.93. The standard InChI is InChI=1S/C6H5.CH2O2.Zn/c1-2-4-6-5-3-1;2-1-3;/h1-5H;1H,(H,2,3);/q-1;;. The first-order chi connectivity index (χ1) is 4.41. The first-order valence-corrected chi connectivity index (χ1v) is 2.40. The van der Waals surface area contributed by atoms with Gasteiger partial charge in [0.25, 0.3) is 6.47 Å². The zero-order valence-electron chi connectivity index (χ0n) is 5.53. The van der Waals surface area contributed by atoms with Crippen molar-refractivity contribution in [2.24, 2.45) is 0 Å². The second-order valence-electron chi connectivity index (χ2n) is 1.18. The molecule has 0 atom stereocenters. The van der Waals surface area contributed by atoms with Gasteiger partial charge in [-0.1, -0.05) is 0 Å². The predicted octanol–water partition coefficient (Wildman–Crippen LogP) is 1.19. The van der Waals surface area contributed by atoms with Crippen molar-refractivity contribution >= 4 is 6.47 Å². The molecular formula is C7H7O2Zn-. The third kappa shape index (κ3) is 10.3. The maximum Gasteiger partial charge on any atom is 0.290 e. The van der Waals surface area contributed by atoms with E-state index in [0.29, 0.717) is 0 Å². The monoisotopic (exact) mass is 187 g/mol. The van der Waals surface area contributed by atoms with E-state index in [0.717, 1.165) is 0 Å². The van der Waals surface area contributed by atoms with Gasteiger partial charge in [-0.2, -0.15) is 36.4 Å². The van der Waals surface area contributed by atoms with E-state index in [1.165, 1.54) is 0 Å². The third-order valence-electron chi connectivity index (χ3n) is 0.607. The summed E-state index contributed by atoms with van der Waals surface area (Å²) >= 11 is 0. The van der Waals surface area contributed by atoms with E-state index in [1.807, 2.05) is 30.3 Å². The van der Waals surface area contributed by atoms with Crippen LogP contribution >= 0.6 is 0 Å². The Morgan fingerprint density at radius 2 is 1.60 bits per heavy atom. The van der Waals surface area contributed by atoms with Crippen LogP contribution in [0.25, 0.3) is 0 Å². The van der Waals surface area contributed by atoms with Crippen LogP contribution in [0.3, 0.4) is 0 Å². The van der Waals surface area contributed by atoms with Gasteiger partial charge in [0, 0.05) is 19.5 Å². The van der Waals surface area contributed by atoms with Gasteiger partial charge in [-0.05, 0) is 0 Å². The number of hydrogen-bond donors (Lipinski definition) is 1. The van der Waals surface area contributed by atoms with Gasteiger partial charge in [0.1, 0.15) is 0 Å². The largest absolute Gasteiger partial charge is 0.483 e. The van der Waals surface area contributed by atoms with Crippen molar-refractivity contribution in [3.63, 3.8) is 0 Å². The molecule has 1 aromatic carbocycles. The van der Waals surface area contributed by atoms with Gasteiger partial charge in [0.2, 0.25) is 0 Å². The quantitative estimate of drug-likeness (QED) is 0.377. The van der Waals surface area contributed by atoms with Gasteiger partial charge in [0.15, 0.2) is 0 Å². The van der Waals surface area contributed by atoms with Crippen molar-refractivity contribution in [3.05, 3.63) is 36.4 Å². The second-order valence-corrected chi connectivity index (χ2v) is 1.18. The molecule has 0 radical (unpaired) electrons. The van der Waals surface area contributed by atoms with Gasteiger partial charge < -0.3 is 5.11 Å². The minimum absolute atomic E-state index is 0. The number of carbonyl (C=O) groups is 1. The summed E-state index contributed by atoms with van der Waals surface area (Å²) in [6.45, 7) is -0.250. The van der Waals surface area contributed by atoms with Crippen LogP contribution in [0.15, 0.2) is 30.3 Å². The fourth-order valence-corrected chi connectivity index (χ4v) is 0.342. The Bertz CT molecular complexity index is 115. The van der Waals surface area contributed by atoms with Crippen LogP contribution in [-0.4, -0.2) is 11.6 Å². The summed E-state index contributed by atoms with van der Waals surface area (Å²) in [6.07, 6.45) is 0. The molecule has 0 amide bonds. The van der Waals surface area contributed by atoms with Crippen molar-refractivity contribution in [2.75, 3.05) is 0 Å². The zero-order chi connectivity index (χ0) is 6.95. The molecule has 0 aromatic heterocycles. The van der Waals surface area contributed by atoms with Crippen LogP contribution in [0.5, 0.6) is 0 Å². The Kier molecular flexibility index (Phi) is 13.4. The summed E-state index contributed by atoms with van der Waals surface area (Å²) in [5, 5.41) is 6.89.